The molecule has 2 saturated heterocycles. The number of oxazole rings is 1. The standard InChI is InChI=1S/C41H49Cl2N7O8/c1-25-36-26(17-28(42)18-30(36)43)9-10-50(25)38(52)34-23-48(15-16-56-34)32-21-44-20-31-37(32)57-39(45-31)49(22-27-7-8-29(54-5)19-33(27)55-6)24-35(51)46-11-13-47(14-12-46)40(53)58-41(2,3)4/h7-8,17-21,25,34H,9-16,22-24H2,1-6H3/t25-,34+/m0/s1. The molecule has 0 N–H and O–H groups in total. The van der Waals surface area contributed by atoms with Crippen LogP contribution in [0.3, 0.4) is 0 Å². The molecule has 3 aliphatic heterocycles. The lowest BCUT2D eigenvalue weighted by Gasteiger charge is -2.40. The lowest BCUT2D eigenvalue weighted by atomic mass is 9.93. The van der Waals surface area contributed by atoms with E-state index in [1.807, 2.05) is 55.7 Å². The van der Waals surface area contributed by atoms with Gasteiger partial charge in [-0.05, 0) is 69.5 Å². The Morgan fingerprint density at radius 1 is 0.966 bits per heavy atom. The molecule has 2 aromatic heterocycles. The Hall–Kier alpha value is -4.99. The van der Waals surface area contributed by atoms with Crippen LogP contribution in [-0.4, -0.2) is 127 Å². The predicted octanol–water partition coefficient (Wildman–Crippen LogP) is 5.98. The monoisotopic (exact) mass is 837 g/mol. The summed E-state index contributed by atoms with van der Waals surface area (Å²) >= 11 is 12.9. The van der Waals surface area contributed by atoms with E-state index in [1.165, 1.54) is 0 Å². The summed E-state index contributed by atoms with van der Waals surface area (Å²) in [6, 6.07) is 9.06. The van der Waals surface area contributed by atoms with Crippen molar-refractivity contribution < 1.29 is 37.7 Å². The van der Waals surface area contributed by atoms with Crippen LogP contribution in [0.1, 0.15) is 50.4 Å². The van der Waals surface area contributed by atoms with E-state index in [0.29, 0.717) is 90.6 Å². The average Bonchev–Trinajstić information content (AvgIpc) is 3.64. The van der Waals surface area contributed by atoms with Gasteiger partial charge in [-0.15, -0.1) is 0 Å². The molecular weight excluding hydrogens is 789 g/mol. The highest BCUT2D eigenvalue weighted by Gasteiger charge is 2.37. The molecule has 2 aromatic carbocycles. The van der Waals surface area contributed by atoms with Crippen molar-refractivity contribution in [3.8, 4) is 11.5 Å². The summed E-state index contributed by atoms with van der Waals surface area (Å²) in [7, 11) is 3.16. The van der Waals surface area contributed by atoms with E-state index in [-0.39, 0.29) is 43.5 Å². The summed E-state index contributed by atoms with van der Waals surface area (Å²) in [5.41, 5.74) is 3.71. The zero-order chi connectivity index (χ0) is 41.3. The van der Waals surface area contributed by atoms with Crippen LogP contribution in [-0.2, 0) is 32.0 Å². The van der Waals surface area contributed by atoms with Gasteiger partial charge in [0.25, 0.3) is 11.9 Å². The number of fused-ring (bicyclic) bond motifs is 2. The van der Waals surface area contributed by atoms with Crippen molar-refractivity contribution in [1.29, 1.82) is 0 Å². The second-order valence-electron chi connectivity index (χ2n) is 15.6. The van der Waals surface area contributed by atoms with Crippen LogP contribution in [0.15, 0.2) is 47.1 Å². The van der Waals surface area contributed by atoms with E-state index in [4.69, 9.17) is 51.6 Å². The first-order valence-corrected chi connectivity index (χ1v) is 20.1. The molecule has 5 heterocycles. The third-order valence-electron chi connectivity index (χ3n) is 10.7. The Balaban J connectivity index is 1.12. The molecule has 2 fully saturated rings. The van der Waals surface area contributed by atoms with Crippen LogP contribution < -0.4 is 19.3 Å². The number of pyridine rings is 1. The van der Waals surface area contributed by atoms with Gasteiger partial charge in [0.1, 0.15) is 34.8 Å². The number of piperazine rings is 1. The molecule has 0 radical (unpaired) electrons. The van der Waals surface area contributed by atoms with Crippen LogP contribution >= 0.6 is 23.2 Å². The molecule has 0 bridgehead atoms. The summed E-state index contributed by atoms with van der Waals surface area (Å²) in [4.78, 5) is 59.0. The number of carbonyl (C=O) groups excluding carboxylic acids is 3. The largest absolute Gasteiger partial charge is 0.497 e. The Labute approximate surface area is 347 Å². The maximum atomic E-state index is 14.1. The lowest BCUT2D eigenvalue weighted by Crippen LogP contribution is -2.53. The quantitative estimate of drug-likeness (QED) is 0.196. The topological polar surface area (TPSA) is 143 Å². The number of morpholine rings is 1. The number of nitrogens with zero attached hydrogens (tertiary/aromatic N) is 7. The van der Waals surface area contributed by atoms with E-state index < -0.39 is 17.8 Å². The fraction of sp³-hybridized carbons (Fsp3) is 0.488. The van der Waals surface area contributed by atoms with Crippen molar-refractivity contribution in [2.75, 3.05) is 83.0 Å². The van der Waals surface area contributed by atoms with Crippen LogP contribution in [0.25, 0.3) is 11.1 Å². The van der Waals surface area contributed by atoms with Gasteiger partial charge in [0.2, 0.25) is 5.91 Å². The first-order chi connectivity index (χ1) is 27.7. The molecule has 0 aliphatic carbocycles. The SMILES string of the molecule is COc1ccc(CN(CC(=O)N2CCN(C(=O)OC(C)(C)C)CC2)c2nc3cncc(N4CCO[C@@H](C(=O)N5CCc6cc(Cl)cc(Cl)c6[C@@H]5C)C4)c3o2)c(OC)c1. The van der Waals surface area contributed by atoms with Gasteiger partial charge in [-0.1, -0.05) is 23.2 Å². The summed E-state index contributed by atoms with van der Waals surface area (Å²) in [5, 5.41) is 1.12. The first-order valence-electron chi connectivity index (χ1n) is 19.3. The van der Waals surface area contributed by atoms with Crippen LogP contribution in [0.2, 0.25) is 10.0 Å². The lowest BCUT2D eigenvalue weighted by molar-refractivity contribution is -0.147. The summed E-state index contributed by atoms with van der Waals surface area (Å²) < 4.78 is 29.3. The number of methoxy groups -OCH3 is 2. The van der Waals surface area contributed by atoms with E-state index in [2.05, 4.69) is 4.98 Å². The molecule has 7 rings (SSSR count). The highest BCUT2D eigenvalue weighted by Crippen LogP contribution is 2.38. The van der Waals surface area contributed by atoms with Crippen LogP contribution in [0.5, 0.6) is 11.5 Å². The number of hydrogen-bond acceptors (Lipinski definition) is 12. The minimum absolute atomic E-state index is 0.0707. The molecule has 0 spiro atoms. The molecule has 17 heteroatoms. The fourth-order valence-corrected chi connectivity index (χ4v) is 8.40. The maximum Gasteiger partial charge on any atom is 0.410 e. The zero-order valence-corrected chi connectivity index (χ0v) is 35.1. The number of carbonyl (C=O) groups is 3. The fourth-order valence-electron chi connectivity index (χ4n) is 7.70. The summed E-state index contributed by atoms with van der Waals surface area (Å²) in [6.45, 7) is 10.6. The molecule has 3 aliphatic rings. The van der Waals surface area contributed by atoms with Gasteiger partial charge in [-0.3, -0.25) is 14.6 Å². The number of ether oxygens (including phenoxy) is 4. The van der Waals surface area contributed by atoms with Crippen molar-refractivity contribution in [2.24, 2.45) is 0 Å². The van der Waals surface area contributed by atoms with Gasteiger partial charge in [0.15, 0.2) is 11.7 Å². The highest BCUT2D eigenvalue weighted by molar-refractivity contribution is 6.35. The number of aromatic nitrogens is 2. The summed E-state index contributed by atoms with van der Waals surface area (Å²) in [6.07, 6.45) is 2.80. The molecule has 0 unspecified atom stereocenters. The van der Waals surface area contributed by atoms with Crippen molar-refractivity contribution >= 4 is 63.9 Å². The highest BCUT2D eigenvalue weighted by atomic mass is 35.5. The second kappa shape index (κ2) is 17.1. The third kappa shape index (κ3) is 8.86. The molecule has 58 heavy (non-hydrogen) atoms. The number of benzene rings is 2. The summed E-state index contributed by atoms with van der Waals surface area (Å²) in [5.74, 6) is 0.907. The van der Waals surface area contributed by atoms with Gasteiger partial charge in [-0.2, -0.15) is 4.98 Å². The molecular formula is C41H49Cl2N7O8. The van der Waals surface area contributed by atoms with Gasteiger partial charge >= 0.3 is 6.09 Å². The molecule has 4 aromatic rings. The third-order valence-corrected chi connectivity index (χ3v) is 11.2. The molecule has 3 amide bonds. The minimum Gasteiger partial charge on any atom is -0.497 e. The molecule has 310 valence electrons. The Morgan fingerprint density at radius 3 is 2.45 bits per heavy atom. The van der Waals surface area contributed by atoms with E-state index in [1.54, 1.807) is 53.4 Å². The minimum atomic E-state index is -0.742. The Bertz CT molecular complexity index is 2170. The van der Waals surface area contributed by atoms with Crippen molar-refractivity contribution in [3.05, 3.63) is 69.5 Å². The number of hydrogen-bond donors (Lipinski definition) is 0. The molecule has 15 nitrogen and oxygen atoms in total. The van der Waals surface area contributed by atoms with Crippen molar-refractivity contribution in [1.82, 2.24) is 24.7 Å². The Morgan fingerprint density at radius 2 is 1.72 bits per heavy atom. The average molecular weight is 839 g/mol. The maximum absolute atomic E-state index is 14.1. The number of amides is 3. The van der Waals surface area contributed by atoms with Gasteiger partial charge in [0, 0.05) is 60.9 Å². The van der Waals surface area contributed by atoms with Gasteiger partial charge in [0.05, 0.1) is 52.4 Å². The van der Waals surface area contributed by atoms with Crippen molar-refractivity contribution in [3.63, 3.8) is 0 Å². The molecule has 0 saturated carbocycles. The Kier molecular flexibility index (Phi) is 12.1. The van der Waals surface area contributed by atoms with Crippen LogP contribution in [0.4, 0.5) is 16.5 Å². The molecule has 2 atom stereocenters. The van der Waals surface area contributed by atoms with Gasteiger partial charge < -0.3 is 47.9 Å². The predicted molar refractivity (Wildman–Crippen MR) is 219 cm³/mol. The van der Waals surface area contributed by atoms with Crippen LogP contribution in [0, 0.1) is 0 Å². The van der Waals surface area contributed by atoms with Gasteiger partial charge in [-0.25, -0.2) is 4.79 Å². The normalized spacial score (nSPS) is 18.6. The zero-order valence-electron chi connectivity index (χ0n) is 33.6. The second-order valence-corrected chi connectivity index (χ2v) is 16.5. The first kappa shape index (κ1) is 41.2. The smallest absolute Gasteiger partial charge is 0.410 e. The number of rotatable bonds is 9. The van der Waals surface area contributed by atoms with Crippen molar-refractivity contribution in [2.45, 2.75) is 58.4 Å². The number of halogens is 2. The van der Waals surface area contributed by atoms with E-state index in [9.17, 15) is 14.4 Å². The van der Waals surface area contributed by atoms with E-state index >= 15 is 0 Å². The number of anilines is 2. The van der Waals surface area contributed by atoms with E-state index in [0.717, 1.165) is 16.7 Å².